The molecule has 0 fully saturated rings. The molecule has 9 aromatic rings. The Kier molecular flexibility index (Phi) is 67.0. The van der Waals surface area contributed by atoms with Gasteiger partial charge in [0.05, 0.1) is 6.61 Å². The second kappa shape index (κ2) is 72.2. The second-order valence-corrected chi connectivity index (χ2v) is 25.6. The van der Waals surface area contributed by atoms with E-state index in [1.165, 1.54) is 13.7 Å². The second-order valence-electron chi connectivity index (χ2n) is 25.6. The Hall–Kier alpha value is -10.8. The minimum Gasteiger partial charge on any atom is -0.480 e. The molecule has 0 saturated carbocycles. The quantitative estimate of drug-likeness (QED) is 0.00787. The Bertz CT molecular complexity index is 3770. The standard InChI is InChI=1S/3C17H20BNO3.C10H14BNO3.C10H13NO3.C9H11NO2.2C2H6O.C2H4O.2C2H6/c3*1-18(21)19-16(12-14-8-4-2-5-9-14)17(20)22-13-15-10-6-3-7-11-15;1-11(15)12-9(10(13)14)7-8-5-3-2-4-6-8;11-9(10(13)14)5-7-2-1-3-8(4-7)6-12;10-8(9(11)12)6-7-4-2-1-3-5-7;3*1-2-3;2*1-2/h3*2-11,16,19,21H,12-13H2,1H3;2-6,9,12,15H,7H2,1H3,(H,13,14);1-4,9,12H,5-6,11H2,(H,13,14);1-5,8H,6,10H2,(H,11,12);2*3H,2H2,1H3;2H,1H3;2*1-2H3. The van der Waals surface area contributed by atoms with Crippen molar-refractivity contribution in [2.24, 2.45) is 11.5 Å². The Morgan fingerprint density at radius 2 is 0.508 bits per heavy atom. The number of rotatable bonds is 33. The Balaban J connectivity index is 0. The number of hydrogen-bond donors (Lipinski definition) is 16. The van der Waals surface area contributed by atoms with Crippen LogP contribution in [0.2, 0.25) is 27.3 Å². The van der Waals surface area contributed by atoms with Gasteiger partial charge in [-0.3, -0.25) is 28.8 Å². The molecular weight excluding hydrogens is 1530 g/mol. The number of aliphatic hydroxyl groups is 3. The number of carbonyl (C=O) groups excluding carboxylic acids is 4. The summed E-state index contributed by atoms with van der Waals surface area (Å²) < 4.78 is 16.1. The summed E-state index contributed by atoms with van der Waals surface area (Å²) in [4.78, 5) is 77.3. The molecular formula is C90H126B4N6O20. The van der Waals surface area contributed by atoms with Crippen molar-refractivity contribution in [3.8, 4) is 0 Å². The van der Waals surface area contributed by atoms with Crippen molar-refractivity contribution in [1.82, 2.24) is 20.9 Å². The van der Waals surface area contributed by atoms with Crippen molar-refractivity contribution in [2.45, 2.75) is 177 Å². The highest BCUT2D eigenvalue weighted by Crippen LogP contribution is 2.13. The fraction of sp³-hybridized carbons (Fsp3) is 0.322. The summed E-state index contributed by atoms with van der Waals surface area (Å²) in [6, 6.07) is 79.1. The molecule has 0 aromatic heterocycles. The zero-order valence-corrected chi connectivity index (χ0v) is 70.9. The van der Waals surface area contributed by atoms with Gasteiger partial charge in [-0.2, -0.15) is 0 Å². The lowest BCUT2D eigenvalue weighted by molar-refractivity contribution is -0.147. The first-order valence-electron chi connectivity index (χ1n) is 39.7. The Morgan fingerprint density at radius 1 is 0.325 bits per heavy atom. The van der Waals surface area contributed by atoms with Crippen LogP contribution >= 0.6 is 0 Å². The Morgan fingerprint density at radius 3 is 0.717 bits per heavy atom. The van der Waals surface area contributed by atoms with Crippen molar-refractivity contribution in [2.75, 3.05) is 13.2 Å². The molecule has 0 amide bonds. The molecule has 0 bridgehead atoms. The minimum atomic E-state index is -1.01. The zero-order chi connectivity index (χ0) is 90.3. The van der Waals surface area contributed by atoms with Crippen molar-refractivity contribution in [3.63, 3.8) is 0 Å². The van der Waals surface area contributed by atoms with Crippen LogP contribution in [-0.2, 0) is 113 Å². The topological polar surface area (TPSA) is 450 Å². The maximum atomic E-state index is 12.3. The number of carbonyl (C=O) groups is 7. The first-order chi connectivity index (χ1) is 57.6. The van der Waals surface area contributed by atoms with Gasteiger partial charge in [-0.25, -0.2) is 0 Å². The van der Waals surface area contributed by atoms with Gasteiger partial charge in [0.25, 0.3) is 0 Å². The number of nitrogens with two attached hydrogens (primary N) is 2. The van der Waals surface area contributed by atoms with Crippen LogP contribution in [-0.4, -0.2) is 171 Å². The smallest absolute Gasteiger partial charge is 0.374 e. The van der Waals surface area contributed by atoms with E-state index in [9.17, 15) is 43.8 Å². The first-order valence-corrected chi connectivity index (χ1v) is 39.7. The maximum Gasteiger partial charge on any atom is 0.374 e. The number of carboxylic acid groups (broad SMARTS) is 3. The molecule has 0 aliphatic heterocycles. The number of carboxylic acids is 3. The van der Waals surface area contributed by atoms with Crippen LogP contribution < -0.4 is 32.4 Å². The van der Waals surface area contributed by atoms with Crippen molar-refractivity contribution in [1.29, 1.82) is 0 Å². The van der Waals surface area contributed by atoms with Crippen molar-refractivity contribution >= 4 is 70.3 Å². The minimum absolute atomic E-state index is 0.0455. The molecule has 0 spiro atoms. The van der Waals surface area contributed by atoms with E-state index < -0.39 is 82.4 Å². The van der Waals surface area contributed by atoms with Crippen molar-refractivity contribution < 1.29 is 98.5 Å². The molecule has 9 rings (SSSR count). The molecule has 26 nitrogen and oxygen atoms in total. The highest BCUT2D eigenvalue weighted by Gasteiger charge is 2.27. The lowest BCUT2D eigenvalue weighted by Gasteiger charge is -2.18. The highest BCUT2D eigenvalue weighted by molar-refractivity contribution is 6.47. The van der Waals surface area contributed by atoms with E-state index >= 15 is 0 Å². The predicted octanol–water partition coefficient (Wildman–Crippen LogP) is 9.53. The molecule has 120 heavy (non-hydrogen) atoms. The van der Waals surface area contributed by atoms with Gasteiger partial charge in [-0.05, 0) is 142 Å². The highest BCUT2D eigenvalue weighted by atomic mass is 16.5. The van der Waals surface area contributed by atoms with E-state index in [0.29, 0.717) is 32.1 Å². The molecule has 6 atom stereocenters. The molecule has 18 N–H and O–H groups in total. The maximum absolute atomic E-state index is 12.3. The molecule has 0 heterocycles. The molecule has 648 valence electrons. The van der Waals surface area contributed by atoms with Crippen molar-refractivity contribution in [3.05, 3.63) is 323 Å². The van der Waals surface area contributed by atoms with Crippen LogP contribution in [0.3, 0.4) is 0 Å². The Labute approximate surface area is 710 Å². The summed E-state index contributed by atoms with van der Waals surface area (Å²) in [5, 5.41) is 98.8. The van der Waals surface area contributed by atoms with Crippen LogP contribution in [0.5, 0.6) is 0 Å². The van der Waals surface area contributed by atoms with Crippen LogP contribution in [0, 0.1) is 0 Å². The summed E-state index contributed by atoms with van der Waals surface area (Å²) >= 11 is 0. The average Bonchev–Trinajstić information content (AvgIpc) is 0.897. The summed E-state index contributed by atoms with van der Waals surface area (Å²) in [6.45, 7) is 20.2. The number of hydrogen-bond acceptors (Lipinski definition) is 23. The molecule has 30 heteroatoms. The number of esters is 3. The number of nitrogens with one attached hydrogen (secondary N) is 4. The molecule has 9 aromatic carbocycles. The summed E-state index contributed by atoms with van der Waals surface area (Å²) in [5.41, 5.74) is 20.0. The molecule has 0 saturated heterocycles. The number of aliphatic hydroxyl groups excluding tert-OH is 3. The number of aliphatic carboxylic acids is 3. The van der Waals surface area contributed by atoms with Crippen LogP contribution in [0.1, 0.15) is 104 Å². The lowest BCUT2D eigenvalue weighted by Crippen LogP contribution is -2.46. The molecule has 0 aliphatic carbocycles. The van der Waals surface area contributed by atoms with E-state index in [-0.39, 0.29) is 64.0 Å². The number of ether oxygens (including phenoxy) is 3. The van der Waals surface area contributed by atoms with Gasteiger partial charge in [-0.1, -0.05) is 295 Å². The third-order valence-electron chi connectivity index (χ3n) is 15.3. The summed E-state index contributed by atoms with van der Waals surface area (Å²) in [6.07, 6.45) is 3.19. The average molecular weight is 1660 g/mol. The molecule has 0 radical (unpaired) electrons. The summed E-state index contributed by atoms with van der Waals surface area (Å²) in [5.74, 6) is -4.03. The van der Waals surface area contributed by atoms with E-state index in [0.717, 1.165) is 61.9 Å². The third-order valence-corrected chi connectivity index (χ3v) is 15.3. The monoisotopic (exact) mass is 1650 g/mol. The van der Waals surface area contributed by atoms with Crippen LogP contribution in [0.25, 0.3) is 0 Å². The van der Waals surface area contributed by atoms with Gasteiger partial charge in [-0.15, -0.1) is 0 Å². The van der Waals surface area contributed by atoms with E-state index in [4.69, 9.17) is 66.1 Å². The van der Waals surface area contributed by atoms with Gasteiger partial charge in [0.15, 0.2) is 0 Å². The van der Waals surface area contributed by atoms with Gasteiger partial charge in [0, 0.05) is 13.2 Å². The van der Waals surface area contributed by atoms with E-state index in [1.54, 1.807) is 58.6 Å². The SMILES string of the molecule is CB(O)NC(Cc1ccccc1)C(=O)O.CB(O)NC(Cc1ccccc1)C(=O)OCc1ccccc1.CB(O)NC(Cc1ccccc1)C(=O)OCc1ccccc1.CB(O)NC(Cc1ccccc1)C(=O)OCc1ccccc1.CC.CC.CC=O.CCO.CCO.NC(Cc1cccc(CO)c1)C(=O)O.NC(Cc1ccccc1)C(=O)O. The zero-order valence-electron chi connectivity index (χ0n) is 70.9. The van der Waals surface area contributed by atoms with E-state index in [2.05, 4.69) is 20.9 Å². The molecule has 0 aliphatic rings. The van der Waals surface area contributed by atoms with Gasteiger partial charge >= 0.3 is 64.0 Å². The van der Waals surface area contributed by atoms with Gasteiger partial charge in [0.2, 0.25) is 0 Å². The van der Waals surface area contributed by atoms with Gasteiger partial charge < -0.3 is 102 Å². The molecule has 6 unspecified atom stereocenters. The van der Waals surface area contributed by atoms with E-state index in [1.807, 2.05) is 270 Å². The third kappa shape index (κ3) is 58.2. The van der Waals surface area contributed by atoms with Crippen LogP contribution in [0.4, 0.5) is 0 Å². The van der Waals surface area contributed by atoms with Gasteiger partial charge in [0.1, 0.15) is 62.4 Å². The fourth-order valence-electron chi connectivity index (χ4n) is 10.1. The summed E-state index contributed by atoms with van der Waals surface area (Å²) in [7, 11) is -3.16. The number of aldehydes is 1. The lowest BCUT2D eigenvalue weighted by atomic mass is 9.86. The largest absolute Gasteiger partial charge is 0.480 e. The normalized spacial score (nSPS) is 11.2. The first kappa shape index (κ1) is 111. The fourth-order valence-corrected chi connectivity index (χ4v) is 10.1. The predicted molar refractivity (Wildman–Crippen MR) is 477 cm³/mol. The number of benzene rings is 9. The van der Waals surface area contributed by atoms with Crippen LogP contribution in [0.15, 0.2) is 267 Å².